The van der Waals surface area contributed by atoms with Crippen molar-refractivity contribution >= 4 is 60.8 Å². The highest BCUT2D eigenvalue weighted by Gasteiger charge is 2.17. The Morgan fingerprint density at radius 3 is 2.42 bits per heavy atom. The van der Waals surface area contributed by atoms with Crippen LogP contribution in [-0.2, 0) is 4.79 Å². The molecule has 8 heteroatoms. The zero-order valence-corrected chi connectivity index (χ0v) is 19.2. The first-order valence-electron chi connectivity index (χ1n) is 9.27. The normalized spacial score (nSPS) is 10.6. The van der Waals surface area contributed by atoms with Crippen molar-refractivity contribution in [2.24, 2.45) is 0 Å². The lowest BCUT2D eigenvalue weighted by Gasteiger charge is -2.11. The molecule has 2 amide bonds. The third-order valence-corrected chi connectivity index (χ3v) is 6.75. The van der Waals surface area contributed by atoms with Crippen LogP contribution in [0.5, 0.6) is 5.75 Å². The Morgan fingerprint density at radius 2 is 1.68 bits per heavy atom. The van der Waals surface area contributed by atoms with E-state index in [1.807, 2.05) is 66.7 Å². The van der Waals surface area contributed by atoms with E-state index in [0.29, 0.717) is 15.6 Å². The van der Waals surface area contributed by atoms with Crippen LogP contribution in [0.25, 0.3) is 21.2 Å². The second-order valence-corrected chi connectivity index (χ2v) is 8.83. The number of thiophene rings is 1. The molecule has 0 unspecified atom stereocenters. The lowest BCUT2D eigenvalue weighted by atomic mass is 10.1. The summed E-state index contributed by atoms with van der Waals surface area (Å²) < 4.78 is 7.19. The van der Waals surface area contributed by atoms with Crippen LogP contribution in [-0.4, -0.2) is 18.4 Å². The van der Waals surface area contributed by atoms with E-state index in [4.69, 9.17) is 16.3 Å². The fraction of sp³-hybridized carbons (Fsp3) is 0.0435. The lowest BCUT2D eigenvalue weighted by Crippen LogP contribution is -2.43. The standard InChI is InChI=1S/C23H16BrClN2O3S/c24-17-12-15(14-6-2-1-3-7-14)10-11-18(17)30-13-20(28)26-27-23(29)22-21(25)16-8-4-5-9-19(16)31-22/h1-12H,13H2,(H,26,28)(H,27,29). The molecule has 0 aliphatic carbocycles. The summed E-state index contributed by atoms with van der Waals surface area (Å²) in [6, 6.07) is 23.0. The number of ether oxygens (including phenoxy) is 1. The van der Waals surface area contributed by atoms with E-state index in [1.54, 1.807) is 6.07 Å². The number of halogens is 2. The van der Waals surface area contributed by atoms with E-state index < -0.39 is 11.8 Å². The maximum Gasteiger partial charge on any atom is 0.281 e. The largest absolute Gasteiger partial charge is 0.483 e. The Morgan fingerprint density at radius 1 is 0.935 bits per heavy atom. The van der Waals surface area contributed by atoms with Gasteiger partial charge < -0.3 is 4.74 Å². The van der Waals surface area contributed by atoms with Crippen LogP contribution >= 0.6 is 38.9 Å². The minimum atomic E-state index is -0.496. The number of hydrogen-bond acceptors (Lipinski definition) is 4. The number of amides is 2. The van der Waals surface area contributed by atoms with E-state index in [1.165, 1.54) is 11.3 Å². The second-order valence-electron chi connectivity index (χ2n) is 6.54. The molecule has 0 atom stereocenters. The van der Waals surface area contributed by atoms with Crippen molar-refractivity contribution in [2.75, 3.05) is 6.61 Å². The number of hydrogen-bond donors (Lipinski definition) is 2. The summed E-state index contributed by atoms with van der Waals surface area (Å²) in [7, 11) is 0. The molecule has 0 saturated carbocycles. The number of rotatable bonds is 5. The predicted molar refractivity (Wildman–Crippen MR) is 128 cm³/mol. The maximum atomic E-state index is 12.4. The van der Waals surface area contributed by atoms with Crippen LogP contribution in [0.1, 0.15) is 9.67 Å². The highest BCUT2D eigenvalue weighted by atomic mass is 79.9. The highest BCUT2D eigenvalue weighted by Crippen LogP contribution is 2.35. The molecule has 0 spiro atoms. The molecule has 1 heterocycles. The number of carbonyl (C=O) groups is 2. The molecule has 156 valence electrons. The van der Waals surface area contributed by atoms with Gasteiger partial charge in [-0.25, -0.2) is 0 Å². The summed E-state index contributed by atoms with van der Waals surface area (Å²) in [5.74, 6) is -0.453. The van der Waals surface area contributed by atoms with Crippen molar-refractivity contribution < 1.29 is 14.3 Å². The average Bonchev–Trinajstić information content (AvgIpc) is 3.14. The van der Waals surface area contributed by atoms with E-state index in [-0.39, 0.29) is 6.61 Å². The SMILES string of the molecule is O=C(COc1ccc(-c2ccccc2)cc1Br)NNC(=O)c1sc2ccccc2c1Cl. The van der Waals surface area contributed by atoms with Gasteiger partial charge in [0.25, 0.3) is 11.8 Å². The fourth-order valence-corrected chi connectivity index (χ4v) is 4.86. The molecular weight excluding hydrogens is 500 g/mol. The zero-order chi connectivity index (χ0) is 21.8. The molecule has 4 rings (SSSR count). The van der Waals surface area contributed by atoms with Gasteiger partial charge in [0.05, 0.1) is 9.50 Å². The number of carbonyl (C=O) groups excluding carboxylic acids is 2. The van der Waals surface area contributed by atoms with Gasteiger partial charge >= 0.3 is 0 Å². The first kappa shape index (κ1) is 21.4. The average molecular weight is 516 g/mol. The van der Waals surface area contributed by atoms with Gasteiger partial charge in [0.1, 0.15) is 10.6 Å². The Bertz CT molecular complexity index is 1260. The predicted octanol–water partition coefficient (Wildman–Crippen LogP) is 5.82. The Labute approximate surface area is 196 Å². The molecule has 0 bridgehead atoms. The Balaban J connectivity index is 1.33. The smallest absolute Gasteiger partial charge is 0.281 e. The van der Waals surface area contributed by atoms with Crippen LogP contribution in [0, 0.1) is 0 Å². The summed E-state index contributed by atoms with van der Waals surface area (Å²) in [4.78, 5) is 24.8. The quantitative estimate of drug-likeness (QED) is 0.329. The topological polar surface area (TPSA) is 67.4 Å². The van der Waals surface area contributed by atoms with Crippen LogP contribution in [0.4, 0.5) is 0 Å². The van der Waals surface area contributed by atoms with E-state index in [0.717, 1.165) is 25.7 Å². The van der Waals surface area contributed by atoms with E-state index in [2.05, 4.69) is 26.8 Å². The molecule has 4 aromatic rings. The van der Waals surface area contributed by atoms with E-state index >= 15 is 0 Å². The van der Waals surface area contributed by atoms with Crippen LogP contribution < -0.4 is 15.6 Å². The number of benzene rings is 3. The van der Waals surface area contributed by atoms with Crippen molar-refractivity contribution in [1.82, 2.24) is 10.9 Å². The second kappa shape index (κ2) is 9.51. The molecule has 0 aliphatic rings. The molecule has 0 radical (unpaired) electrons. The van der Waals surface area contributed by atoms with Gasteiger partial charge in [0.2, 0.25) is 0 Å². The maximum absolute atomic E-state index is 12.4. The highest BCUT2D eigenvalue weighted by molar-refractivity contribution is 9.10. The van der Waals surface area contributed by atoms with Gasteiger partial charge in [-0.3, -0.25) is 20.4 Å². The molecule has 5 nitrogen and oxygen atoms in total. The molecular formula is C23H16BrClN2O3S. The summed E-state index contributed by atoms with van der Waals surface area (Å²) in [6.45, 7) is -0.260. The molecule has 0 aliphatic heterocycles. The van der Waals surface area contributed by atoms with Gasteiger partial charge in [-0.15, -0.1) is 11.3 Å². The summed E-state index contributed by atoms with van der Waals surface area (Å²) in [5, 5.41) is 1.17. The van der Waals surface area contributed by atoms with Crippen molar-refractivity contribution in [1.29, 1.82) is 0 Å². The van der Waals surface area contributed by atoms with Crippen molar-refractivity contribution in [3.05, 3.63) is 87.2 Å². The lowest BCUT2D eigenvalue weighted by molar-refractivity contribution is -0.123. The number of nitrogens with one attached hydrogen (secondary N) is 2. The van der Waals surface area contributed by atoms with Gasteiger partial charge in [0, 0.05) is 10.1 Å². The van der Waals surface area contributed by atoms with Gasteiger partial charge in [-0.2, -0.15) is 0 Å². The van der Waals surface area contributed by atoms with Gasteiger partial charge in [0.15, 0.2) is 6.61 Å². The molecule has 31 heavy (non-hydrogen) atoms. The summed E-state index contributed by atoms with van der Waals surface area (Å²) in [5.41, 5.74) is 6.83. The van der Waals surface area contributed by atoms with Crippen molar-refractivity contribution in [3.63, 3.8) is 0 Å². The third kappa shape index (κ3) is 4.90. The monoisotopic (exact) mass is 514 g/mol. The van der Waals surface area contributed by atoms with Gasteiger partial charge in [-0.1, -0.05) is 66.2 Å². The zero-order valence-electron chi connectivity index (χ0n) is 16.0. The Kier molecular flexibility index (Phi) is 6.56. The fourth-order valence-electron chi connectivity index (χ4n) is 2.95. The first-order valence-corrected chi connectivity index (χ1v) is 11.3. The van der Waals surface area contributed by atoms with Crippen molar-refractivity contribution in [3.8, 4) is 16.9 Å². The van der Waals surface area contributed by atoms with Crippen LogP contribution in [0.3, 0.4) is 0 Å². The Hall–Kier alpha value is -2.87. The molecule has 2 N–H and O–H groups in total. The minimum Gasteiger partial charge on any atom is -0.483 e. The van der Waals surface area contributed by atoms with Crippen molar-refractivity contribution in [2.45, 2.75) is 0 Å². The van der Waals surface area contributed by atoms with E-state index in [9.17, 15) is 9.59 Å². The summed E-state index contributed by atoms with van der Waals surface area (Å²) in [6.07, 6.45) is 0. The molecule has 1 aromatic heterocycles. The van der Waals surface area contributed by atoms with Gasteiger partial charge in [-0.05, 0) is 45.3 Å². The van der Waals surface area contributed by atoms with Crippen LogP contribution in [0.2, 0.25) is 5.02 Å². The minimum absolute atomic E-state index is 0.260. The molecule has 3 aromatic carbocycles. The molecule has 0 saturated heterocycles. The van der Waals surface area contributed by atoms with Crippen LogP contribution in [0.15, 0.2) is 77.3 Å². The number of fused-ring (bicyclic) bond motifs is 1. The molecule has 0 fully saturated rings. The number of hydrazine groups is 1. The summed E-state index contributed by atoms with van der Waals surface area (Å²) >= 11 is 11.0. The first-order chi connectivity index (χ1) is 15.0. The third-order valence-electron chi connectivity index (χ3n) is 4.45.